The minimum absolute atomic E-state index is 0.109. The molecule has 16 heavy (non-hydrogen) atoms. The van der Waals surface area contributed by atoms with Gasteiger partial charge in [-0.05, 0) is 12.1 Å². The minimum Gasteiger partial charge on any atom is -0.395 e. The van der Waals surface area contributed by atoms with Crippen LogP contribution in [0.5, 0.6) is 0 Å². The molecule has 1 N–H and O–H groups in total. The van der Waals surface area contributed by atoms with Crippen LogP contribution in [0.2, 0.25) is 0 Å². The second-order valence-electron chi connectivity index (χ2n) is 3.07. The highest BCUT2D eigenvalue weighted by atomic mass is 19.3. The van der Waals surface area contributed by atoms with Crippen molar-refractivity contribution in [3.05, 3.63) is 24.0 Å². The minimum atomic E-state index is -2.48. The third kappa shape index (κ3) is 3.44. The second-order valence-corrected chi connectivity index (χ2v) is 3.07. The topological polar surface area (TPSA) is 60.2 Å². The summed E-state index contributed by atoms with van der Waals surface area (Å²) in [5.74, 6) is 0. The maximum atomic E-state index is 12.2. The number of aliphatic hydroxyl groups is 1. The molecule has 0 saturated heterocycles. The fraction of sp³-hybridized carbons (Fsp3) is 0.400. The Balaban J connectivity index is 2.80. The molecular formula is C10H11F2N3O. The van der Waals surface area contributed by atoms with Crippen LogP contribution in [0.15, 0.2) is 18.3 Å². The lowest BCUT2D eigenvalue weighted by molar-refractivity contribution is 0.153. The highest BCUT2D eigenvalue weighted by molar-refractivity contribution is 5.45. The number of halogens is 2. The zero-order chi connectivity index (χ0) is 12.0. The number of rotatable bonds is 5. The number of pyridine rings is 1. The number of hydrogen-bond acceptors (Lipinski definition) is 4. The molecule has 0 saturated carbocycles. The fourth-order valence-electron chi connectivity index (χ4n) is 1.25. The number of anilines is 1. The lowest BCUT2D eigenvalue weighted by atomic mass is 10.3. The molecule has 1 heterocycles. The van der Waals surface area contributed by atoms with Crippen LogP contribution in [0.1, 0.15) is 5.69 Å². The van der Waals surface area contributed by atoms with Crippen LogP contribution in [-0.2, 0) is 0 Å². The largest absolute Gasteiger partial charge is 0.395 e. The van der Waals surface area contributed by atoms with Crippen LogP contribution in [0.25, 0.3) is 0 Å². The molecule has 0 bridgehead atoms. The normalized spacial score (nSPS) is 10.2. The van der Waals surface area contributed by atoms with Gasteiger partial charge in [0.25, 0.3) is 6.43 Å². The van der Waals surface area contributed by atoms with Crippen molar-refractivity contribution in [1.82, 2.24) is 4.98 Å². The second kappa shape index (κ2) is 5.98. The lowest BCUT2D eigenvalue weighted by Gasteiger charge is -2.22. The van der Waals surface area contributed by atoms with E-state index in [-0.39, 0.29) is 18.8 Å². The maximum Gasteiger partial charge on any atom is 0.255 e. The van der Waals surface area contributed by atoms with Gasteiger partial charge in [-0.1, -0.05) is 0 Å². The van der Waals surface area contributed by atoms with Crippen molar-refractivity contribution < 1.29 is 13.9 Å². The number of aromatic nitrogens is 1. The molecule has 0 fully saturated rings. The van der Waals surface area contributed by atoms with Gasteiger partial charge in [0.05, 0.1) is 25.0 Å². The summed E-state index contributed by atoms with van der Waals surface area (Å²) in [4.78, 5) is 5.10. The van der Waals surface area contributed by atoms with E-state index in [0.29, 0.717) is 5.69 Å². The Bertz CT molecular complexity index is 361. The third-order valence-electron chi connectivity index (χ3n) is 1.96. The van der Waals surface area contributed by atoms with Crippen molar-refractivity contribution in [3.63, 3.8) is 0 Å². The number of alkyl halides is 2. The number of hydrogen-bond donors (Lipinski definition) is 1. The molecule has 0 atom stereocenters. The van der Waals surface area contributed by atoms with Gasteiger partial charge >= 0.3 is 0 Å². The molecule has 86 valence electrons. The van der Waals surface area contributed by atoms with E-state index in [4.69, 9.17) is 10.4 Å². The van der Waals surface area contributed by atoms with Crippen molar-refractivity contribution in [2.75, 3.05) is 24.6 Å². The first kappa shape index (κ1) is 12.3. The van der Waals surface area contributed by atoms with Gasteiger partial charge in [-0.2, -0.15) is 5.26 Å². The zero-order valence-electron chi connectivity index (χ0n) is 8.48. The molecule has 0 aliphatic heterocycles. The van der Waals surface area contributed by atoms with E-state index >= 15 is 0 Å². The molecule has 6 heteroatoms. The summed E-state index contributed by atoms with van der Waals surface area (Å²) in [6, 6.07) is 4.82. The van der Waals surface area contributed by atoms with Gasteiger partial charge in [0, 0.05) is 6.54 Å². The van der Waals surface area contributed by atoms with Crippen LogP contribution in [0.3, 0.4) is 0 Å². The summed E-state index contributed by atoms with van der Waals surface area (Å²) >= 11 is 0. The molecular weight excluding hydrogens is 216 g/mol. The number of nitrogens with zero attached hydrogens (tertiary/aromatic N) is 3. The van der Waals surface area contributed by atoms with Crippen LogP contribution in [0, 0.1) is 11.3 Å². The summed E-state index contributed by atoms with van der Waals surface area (Å²) in [7, 11) is 0. The van der Waals surface area contributed by atoms with E-state index in [1.165, 1.54) is 23.2 Å². The van der Waals surface area contributed by atoms with Crippen molar-refractivity contribution in [3.8, 4) is 6.07 Å². The molecule has 1 aromatic heterocycles. The fourth-order valence-corrected chi connectivity index (χ4v) is 1.25. The Morgan fingerprint density at radius 3 is 2.69 bits per heavy atom. The van der Waals surface area contributed by atoms with E-state index in [1.807, 2.05) is 6.07 Å². The monoisotopic (exact) mass is 227 g/mol. The summed E-state index contributed by atoms with van der Waals surface area (Å²) in [6.07, 6.45) is -1.14. The summed E-state index contributed by atoms with van der Waals surface area (Å²) in [5, 5.41) is 17.3. The van der Waals surface area contributed by atoms with Gasteiger partial charge in [0.2, 0.25) is 0 Å². The van der Waals surface area contributed by atoms with Gasteiger partial charge in [-0.3, -0.25) is 0 Å². The average Bonchev–Trinajstić information content (AvgIpc) is 2.28. The van der Waals surface area contributed by atoms with E-state index in [2.05, 4.69) is 4.98 Å². The van der Waals surface area contributed by atoms with Crippen LogP contribution >= 0.6 is 0 Å². The van der Waals surface area contributed by atoms with Crippen molar-refractivity contribution >= 4 is 5.69 Å². The Morgan fingerprint density at radius 1 is 1.50 bits per heavy atom. The molecule has 4 nitrogen and oxygen atoms in total. The summed E-state index contributed by atoms with van der Waals surface area (Å²) in [5.41, 5.74) is 0.693. The number of aliphatic hydroxyl groups excluding tert-OH is 1. The smallest absolute Gasteiger partial charge is 0.255 e. The number of nitriles is 1. The molecule has 1 aromatic rings. The Hall–Kier alpha value is -1.74. The highest BCUT2D eigenvalue weighted by Crippen LogP contribution is 2.14. The average molecular weight is 227 g/mol. The highest BCUT2D eigenvalue weighted by Gasteiger charge is 2.12. The van der Waals surface area contributed by atoms with Crippen LogP contribution in [-0.4, -0.2) is 36.2 Å². The Kier molecular flexibility index (Phi) is 4.61. The third-order valence-corrected chi connectivity index (χ3v) is 1.96. The Morgan fingerprint density at radius 2 is 2.25 bits per heavy atom. The Labute approximate surface area is 91.8 Å². The predicted octanol–water partition coefficient (Wildman–Crippen LogP) is 1.02. The first-order valence-corrected chi connectivity index (χ1v) is 4.67. The molecule has 0 radical (unpaired) electrons. The zero-order valence-corrected chi connectivity index (χ0v) is 8.48. The van der Waals surface area contributed by atoms with Gasteiger partial charge in [0.1, 0.15) is 11.8 Å². The van der Waals surface area contributed by atoms with Crippen molar-refractivity contribution in [1.29, 1.82) is 5.26 Å². The molecule has 0 aliphatic carbocycles. The molecule has 0 unspecified atom stereocenters. The SMILES string of the molecule is N#Cc1ccc(N(CCO)CC(F)F)cn1. The first-order valence-electron chi connectivity index (χ1n) is 4.67. The van der Waals surface area contributed by atoms with E-state index in [0.717, 1.165) is 0 Å². The summed E-state index contributed by atoms with van der Waals surface area (Å²) in [6.45, 7) is -0.571. The van der Waals surface area contributed by atoms with Gasteiger partial charge in [-0.25, -0.2) is 13.8 Å². The standard InChI is InChI=1S/C10H11F2N3O/c11-10(12)7-15(3-4-16)9-2-1-8(5-13)14-6-9/h1-2,6,10,16H,3-4,7H2. The molecule has 1 rings (SSSR count). The van der Waals surface area contributed by atoms with Gasteiger partial charge < -0.3 is 10.0 Å². The predicted molar refractivity (Wildman–Crippen MR) is 54.3 cm³/mol. The van der Waals surface area contributed by atoms with E-state index in [1.54, 1.807) is 0 Å². The van der Waals surface area contributed by atoms with Gasteiger partial charge in [-0.15, -0.1) is 0 Å². The first-order chi connectivity index (χ1) is 7.67. The van der Waals surface area contributed by atoms with Crippen molar-refractivity contribution in [2.45, 2.75) is 6.43 Å². The quantitative estimate of drug-likeness (QED) is 0.815. The van der Waals surface area contributed by atoms with Crippen molar-refractivity contribution in [2.24, 2.45) is 0 Å². The molecule has 0 spiro atoms. The van der Waals surface area contributed by atoms with Crippen LogP contribution < -0.4 is 4.90 Å². The molecule has 0 aromatic carbocycles. The van der Waals surface area contributed by atoms with E-state index < -0.39 is 13.0 Å². The lowest BCUT2D eigenvalue weighted by Crippen LogP contribution is -2.31. The van der Waals surface area contributed by atoms with Crippen LogP contribution in [0.4, 0.5) is 14.5 Å². The van der Waals surface area contributed by atoms with Gasteiger partial charge in [0.15, 0.2) is 0 Å². The summed E-state index contributed by atoms with van der Waals surface area (Å²) < 4.78 is 24.5. The van der Waals surface area contributed by atoms with E-state index in [9.17, 15) is 8.78 Å². The maximum absolute atomic E-state index is 12.2. The molecule has 0 aliphatic rings. The molecule has 0 amide bonds.